The largest absolute Gasteiger partial charge is 0.336 e. The quantitative estimate of drug-likeness (QED) is 0.332. The molecule has 3 aromatic heterocycles. The summed E-state index contributed by atoms with van der Waals surface area (Å²) in [6.07, 6.45) is 7.75. The molecular weight excluding hydrogens is 442 g/mol. The van der Waals surface area contributed by atoms with Gasteiger partial charge in [0.25, 0.3) is 0 Å². The first-order valence-corrected chi connectivity index (χ1v) is 11.3. The summed E-state index contributed by atoms with van der Waals surface area (Å²) in [5.41, 5.74) is 2.84. The third kappa shape index (κ3) is 3.19. The van der Waals surface area contributed by atoms with Crippen molar-refractivity contribution in [1.82, 2.24) is 4.57 Å². The highest BCUT2D eigenvalue weighted by Crippen LogP contribution is 2.45. The lowest BCUT2D eigenvalue weighted by Crippen LogP contribution is -2.08. The van der Waals surface area contributed by atoms with E-state index in [-0.39, 0.29) is 0 Å². The Morgan fingerprint density at radius 1 is 0.909 bits per heavy atom. The molecule has 0 aliphatic rings. The minimum absolute atomic E-state index is 0.628. The zero-order valence-electron chi connectivity index (χ0n) is 13.0. The van der Waals surface area contributed by atoms with Gasteiger partial charge in [-0.05, 0) is 56.8 Å². The number of unbranched alkanes of at least 4 members (excludes halogenated alkanes) is 2. The lowest BCUT2D eigenvalue weighted by molar-refractivity contribution is 0.427. The van der Waals surface area contributed by atoms with E-state index in [1.807, 2.05) is 22.7 Å². The van der Waals surface area contributed by atoms with Crippen molar-refractivity contribution in [2.24, 2.45) is 0 Å². The number of thiophene rings is 2. The number of nitrogens with zero attached hydrogens (tertiary/aromatic N) is 1. The molecule has 0 bridgehead atoms. The minimum Gasteiger partial charge on any atom is -0.336 e. The number of hydrogen-bond acceptors (Lipinski definition) is 2. The Morgan fingerprint density at radius 3 is 1.77 bits per heavy atom. The van der Waals surface area contributed by atoms with Crippen LogP contribution in [0.5, 0.6) is 0 Å². The molecule has 0 radical (unpaired) electrons. The maximum atomic E-state index is 3.68. The minimum atomic E-state index is 0.628. The second-order valence-corrected chi connectivity index (χ2v) is 10.7. The smallest absolute Gasteiger partial charge is 0.0726 e. The molecule has 1 nitrogen and oxygen atoms in total. The summed E-state index contributed by atoms with van der Waals surface area (Å²) in [6.45, 7) is 4.58. The highest BCUT2D eigenvalue weighted by molar-refractivity contribution is 9.11. The van der Waals surface area contributed by atoms with Gasteiger partial charge in [-0.2, -0.15) is 0 Å². The van der Waals surface area contributed by atoms with Crippen molar-refractivity contribution >= 4 is 75.0 Å². The molecule has 0 saturated carbocycles. The van der Waals surface area contributed by atoms with E-state index < -0.39 is 0 Å². The van der Waals surface area contributed by atoms with Gasteiger partial charge in [0, 0.05) is 6.04 Å². The molecule has 3 heterocycles. The van der Waals surface area contributed by atoms with Gasteiger partial charge in [0.15, 0.2) is 0 Å². The molecule has 0 N–H and O–H groups in total. The SMILES string of the molecule is CCCCC(CCCC)n1c2cc(Br)sc2c2sc(Br)cc21. The monoisotopic (exact) mass is 461 g/mol. The molecule has 3 rings (SSSR count). The Balaban J connectivity index is 2.14. The molecule has 5 heteroatoms. The van der Waals surface area contributed by atoms with Crippen molar-refractivity contribution in [2.75, 3.05) is 0 Å². The summed E-state index contributed by atoms with van der Waals surface area (Å²) in [4.78, 5) is 0. The zero-order valence-corrected chi connectivity index (χ0v) is 17.8. The fourth-order valence-electron chi connectivity index (χ4n) is 3.19. The molecule has 0 amide bonds. The van der Waals surface area contributed by atoms with Gasteiger partial charge in [-0.1, -0.05) is 39.5 Å². The van der Waals surface area contributed by atoms with E-state index in [0.717, 1.165) is 0 Å². The normalized spacial score (nSPS) is 12.2. The Hall–Kier alpha value is 0.160. The zero-order chi connectivity index (χ0) is 15.7. The molecule has 0 spiro atoms. The third-order valence-corrected chi connectivity index (χ3v) is 7.66. The highest BCUT2D eigenvalue weighted by atomic mass is 79.9. The van der Waals surface area contributed by atoms with Crippen molar-refractivity contribution < 1.29 is 0 Å². The molecule has 3 aromatic rings. The van der Waals surface area contributed by atoms with Crippen LogP contribution in [0.4, 0.5) is 0 Å². The van der Waals surface area contributed by atoms with Crippen molar-refractivity contribution in [3.63, 3.8) is 0 Å². The van der Waals surface area contributed by atoms with Crippen LogP contribution in [0.3, 0.4) is 0 Å². The molecular formula is C17H21Br2NS2. The number of rotatable bonds is 7. The molecule has 0 aromatic carbocycles. The van der Waals surface area contributed by atoms with Crippen LogP contribution in [0.1, 0.15) is 58.4 Å². The van der Waals surface area contributed by atoms with Crippen molar-refractivity contribution in [3.05, 3.63) is 19.7 Å². The highest BCUT2D eigenvalue weighted by Gasteiger charge is 2.21. The number of aromatic nitrogens is 1. The van der Waals surface area contributed by atoms with Crippen LogP contribution in [0.2, 0.25) is 0 Å². The van der Waals surface area contributed by atoms with E-state index in [2.05, 4.69) is 62.4 Å². The van der Waals surface area contributed by atoms with E-state index in [0.29, 0.717) is 6.04 Å². The summed E-state index contributed by atoms with van der Waals surface area (Å²) in [7, 11) is 0. The van der Waals surface area contributed by atoms with Gasteiger partial charge in [0.05, 0.1) is 28.0 Å². The van der Waals surface area contributed by atoms with Crippen LogP contribution >= 0.6 is 54.5 Å². The van der Waals surface area contributed by atoms with E-state index in [9.17, 15) is 0 Å². The number of halogens is 2. The predicted molar refractivity (Wildman–Crippen MR) is 109 cm³/mol. The van der Waals surface area contributed by atoms with Gasteiger partial charge in [-0.3, -0.25) is 0 Å². The summed E-state index contributed by atoms with van der Waals surface area (Å²) >= 11 is 11.1. The van der Waals surface area contributed by atoms with Crippen LogP contribution in [-0.2, 0) is 0 Å². The van der Waals surface area contributed by atoms with Gasteiger partial charge in [-0.15, -0.1) is 22.7 Å². The second kappa shape index (κ2) is 7.37. The van der Waals surface area contributed by atoms with Crippen molar-refractivity contribution in [3.8, 4) is 0 Å². The molecule has 22 heavy (non-hydrogen) atoms. The predicted octanol–water partition coefficient (Wildman–Crippen LogP) is 8.36. The molecule has 0 fully saturated rings. The average molecular weight is 463 g/mol. The Morgan fingerprint density at radius 2 is 1.36 bits per heavy atom. The van der Waals surface area contributed by atoms with E-state index in [4.69, 9.17) is 0 Å². The molecule has 0 unspecified atom stereocenters. The summed E-state index contributed by atoms with van der Waals surface area (Å²) < 4.78 is 7.98. The fraction of sp³-hybridized carbons (Fsp3) is 0.529. The molecule has 120 valence electrons. The van der Waals surface area contributed by atoms with Crippen molar-refractivity contribution in [2.45, 2.75) is 58.4 Å². The van der Waals surface area contributed by atoms with Gasteiger partial charge in [-0.25, -0.2) is 0 Å². The van der Waals surface area contributed by atoms with Crippen LogP contribution < -0.4 is 0 Å². The molecule has 0 saturated heterocycles. The summed E-state index contributed by atoms with van der Waals surface area (Å²) in [6, 6.07) is 5.25. The summed E-state index contributed by atoms with van der Waals surface area (Å²) in [5.74, 6) is 0. The van der Waals surface area contributed by atoms with Gasteiger partial charge < -0.3 is 4.57 Å². The van der Waals surface area contributed by atoms with Gasteiger partial charge in [0.2, 0.25) is 0 Å². The molecule has 0 aliphatic carbocycles. The maximum Gasteiger partial charge on any atom is 0.0726 e. The molecule has 0 aliphatic heterocycles. The van der Waals surface area contributed by atoms with Crippen molar-refractivity contribution in [1.29, 1.82) is 0 Å². The van der Waals surface area contributed by atoms with Gasteiger partial charge >= 0.3 is 0 Å². The van der Waals surface area contributed by atoms with E-state index in [1.165, 1.54) is 66.5 Å². The average Bonchev–Trinajstić information content (AvgIpc) is 3.10. The first-order chi connectivity index (χ1) is 10.7. The number of hydrogen-bond donors (Lipinski definition) is 0. The number of fused-ring (bicyclic) bond motifs is 3. The second-order valence-electron chi connectivity index (χ2n) is 5.84. The summed E-state index contributed by atoms with van der Waals surface area (Å²) in [5, 5.41) is 0. The van der Waals surface area contributed by atoms with Crippen LogP contribution in [-0.4, -0.2) is 4.57 Å². The van der Waals surface area contributed by atoms with Crippen LogP contribution in [0.15, 0.2) is 19.7 Å². The van der Waals surface area contributed by atoms with E-state index in [1.54, 1.807) is 0 Å². The first-order valence-electron chi connectivity index (χ1n) is 8.04. The standard InChI is InChI=1S/C17H21Br2NS2/c1-3-5-7-11(8-6-4-2)20-12-9-14(18)21-16(12)17-13(20)10-15(19)22-17/h9-11H,3-8H2,1-2H3. The lowest BCUT2D eigenvalue weighted by atomic mass is 10.0. The Kier molecular flexibility index (Phi) is 5.69. The van der Waals surface area contributed by atoms with Gasteiger partial charge in [0.1, 0.15) is 0 Å². The fourth-order valence-corrected chi connectivity index (χ4v) is 6.50. The molecule has 0 atom stereocenters. The van der Waals surface area contributed by atoms with Crippen LogP contribution in [0, 0.1) is 0 Å². The first kappa shape index (κ1) is 17.0. The Labute approximate surface area is 157 Å². The maximum absolute atomic E-state index is 3.68. The van der Waals surface area contributed by atoms with Crippen LogP contribution in [0.25, 0.3) is 20.4 Å². The van der Waals surface area contributed by atoms with E-state index >= 15 is 0 Å². The Bertz CT molecular complexity index is 706. The lowest BCUT2D eigenvalue weighted by Gasteiger charge is -2.20. The third-order valence-electron chi connectivity index (χ3n) is 4.24. The topological polar surface area (TPSA) is 4.93 Å².